The summed E-state index contributed by atoms with van der Waals surface area (Å²) in [5.74, 6) is 1.21. The van der Waals surface area contributed by atoms with Crippen molar-refractivity contribution in [3.63, 3.8) is 0 Å². The highest BCUT2D eigenvalue weighted by molar-refractivity contribution is 7.99. The van der Waals surface area contributed by atoms with Crippen LogP contribution in [0.1, 0.15) is 18.4 Å². The quantitative estimate of drug-likeness (QED) is 0.514. The lowest BCUT2D eigenvalue weighted by Gasteiger charge is -2.26. The van der Waals surface area contributed by atoms with Gasteiger partial charge in [0.15, 0.2) is 0 Å². The normalized spacial score (nSPS) is 15.3. The number of anilines is 1. The Balaban J connectivity index is 1.69. The molecule has 4 nitrogen and oxygen atoms in total. The van der Waals surface area contributed by atoms with Gasteiger partial charge in [-0.1, -0.05) is 0 Å². The monoisotopic (exact) mass is 294 g/mol. The first-order valence-electron chi connectivity index (χ1n) is 7.01. The van der Waals surface area contributed by atoms with E-state index >= 15 is 0 Å². The molecule has 0 bridgehead atoms. The van der Waals surface area contributed by atoms with Crippen molar-refractivity contribution in [3.8, 4) is 0 Å². The van der Waals surface area contributed by atoms with E-state index in [0.29, 0.717) is 19.6 Å². The molecular formula is C15H22N2O2S. The predicted molar refractivity (Wildman–Crippen MR) is 82.9 cm³/mol. The average Bonchev–Trinajstić information content (AvgIpc) is 2.46. The molecular weight excluding hydrogens is 272 g/mol. The maximum absolute atomic E-state index is 12.0. The number of rotatable bonds is 5. The zero-order valence-electron chi connectivity index (χ0n) is 11.9. The molecule has 2 rings (SSSR count). The maximum Gasteiger partial charge on any atom is 0.222 e. The molecule has 1 aromatic rings. The van der Waals surface area contributed by atoms with E-state index in [1.807, 2.05) is 17.0 Å². The number of amides is 1. The van der Waals surface area contributed by atoms with Crippen LogP contribution in [0.5, 0.6) is 0 Å². The molecule has 1 heterocycles. The van der Waals surface area contributed by atoms with Crippen LogP contribution in [0.25, 0.3) is 0 Å². The highest BCUT2D eigenvalue weighted by atomic mass is 32.2. The molecule has 0 aliphatic carbocycles. The summed E-state index contributed by atoms with van der Waals surface area (Å²) in [6.45, 7) is 4.89. The van der Waals surface area contributed by atoms with Crippen LogP contribution in [0.3, 0.4) is 0 Å². The predicted octanol–water partition coefficient (Wildman–Crippen LogP) is 2.31. The summed E-state index contributed by atoms with van der Waals surface area (Å²) in [5.41, 5.74) is 7.74. The second-order valence-corrected chi connectivity index (χ2v) is 6.11. The Morgan fingerprint density at radius 2 is 2.15 bits per heavy atom. The molecule has 0 aromatic heterocycles. The van der Waals surface area contributed by atoms with Crippen LogP contribution in [0.2, 0.25) is 0 Å². The smallest absolute Gasteiger partial charge is 0.222 e. The molecule has 110 valence electrons. The van der Waals surface area contributed by atoms with Crippen molar-refractivity contribution < 1.29 is 9.53 Å². The number of nitrogens with two attached hydrogens (primary N) is 1. The second-order valence-electron chi connectivity index (χ2n) is 4.97. The number of hydrogen-bond acceptors (Lipinski definition) is 4. The number of nitrogen functional groups attached to an aromatic ring is 1. The van der Waals surface area contributed by atoms with Gasteiger partial charge >= 0.3 is 0 Å². The van der Waals surface area contributed by atoms with E-state index in [-0.39, 0.29) is 5.91 Å². The number of carbonyl (C=O) groups excluding carboxylic acids is 1. The third-order valence-corrected chi connectivity index (χ3v) is 4.62. The third-order valence-electron chi connectivity index (χ3n) is 3.36. The van der Waals surface area contributed by atoms with Gasteiger partial charge in [0.25, 0.3) is 0 Å². The molecule has 20 heavy (non-hydrogen) atoms. The van der Waals surface area contributed by atoms with Gasteiger partial charge in [0.1, 0.15) is 0 Å². The van der Waals surface area contributed by atoms with Gasteiger partial charge in [-0.2, -0.15) is 0 Å². The molecule has 1 aromatic carbocycles. The van der Waals surface area contributed by atoms with Crippen molar-refractivity contribution in [3.05, 3.63) is 23.8 Å². The second kappa shape index (κ2) is 7.55. The number of morpholine rings is 1. The van der Waals surface area contributed by atoms with Crippen LogP contribution in [-0.4, -0.2) is 42.9 Å². The zero-order valence-corrected chi connectivity index (χ0v) is 12.7. The van der Waals surface area contributed by atoms with Gasteiger partial charge in [-0.25, -0.2) is 0 Å². The molecule has 0 radical (unpaired) electrons. The lowest BCUT2D eigenvalue weighted by atomic mass is 10.2. The van der Waals surface area contributed by atoms with E-state index in [0.717, 1.165) is 31.0 Å². The first-order chi connectivity index (χ1) is 9.66. The summed E-state index contributed by atoms with van der Waals surface area (Å²) in [4.78, 5) is 15.1. The summed E-state index contributed by atoms with van der Waals surface area (Å²) < 4.78 is 5.25. The Morgan fingerprint density at radius 3 is 2.85 bits per heavy atom. The first kappa shape index (κ1) is 15.2. The topological polar surface area (TPSA) is 55.6 Å². The number of aryl methyl sites for hydroxylation is 1. The van der Waals surface area contributed by atoms with Gasteiger partial charge < -0.3 is 15.4 Å². The fourth-order valence-corrected chi connectivity index (χ4v) is 3.17. The van der Waals surface area contributed by atoms with Crippen LogP contribution in [0.4, 0.5) is 5.69 Å². The SMILES string of the molecule is Cc1cc(N)ccc1SCCCC(=O)N1CCOCC1. The molecule has 0 saturated carbocycles. The van der Waals surface area contributed by atoms with Gasteiger partial charge in [-0.3, -0.25) is 4.79 Å². The van der Waals surface area contributed by atoms with Crippen LogP contribution in [-0.2, 0) is 9.53 Å². The summed E-state index contributed by atoms with van der Waals surface area (Å²) in [5, 5.41) is 0. The van der Waals surface area contributed by atoms with Gasteiger partial charge in [0.2, 0.25) is 5.91 Å². The van der Waals surface area contributed by atoms with Gasteiger partial charge in [-0.15, -0.1) is 11.8 Å². The Kier molecular flexibility index (Phi) is 5.73. The molecule has 0 unspecified atom stereocenters. The Morgan fingerprint density at radius 1 is 1.40 bits per heavy atom. The van der Waals surface area contributed by atoms with Gasteiger partial charge in [-0.05, 0) is 42.9 Å². The van der Waals surface area contributed by atoms with Crippen molar-refractivity contribution >= 4 is 23.4 Å². The minimum absolute atomic E-state index is 0.253. The molecule has 1 aliphatic rings. The standard InChI is InChI=1S/C15H22N2O2S/c1-12-11-13(16)4-5-14(12)20-10-2-3-15(18)17-6-8-19-9-7-17/h4-5,11H,2-3,6-10,16H2,1H3. The number of benzene rings is 1. The van der Waals surface area contributed by atoms with Crippen molar-refractivity contribution in [2.75, 3.05) is 37.8 Å². The van der Waals surface area contributed by atoms with Crippen molar-refractivity contribution in [1.82, 2.24) is 4.90 Å². The Hall–Kier alpha value is -1.20. The average molecular weight is 294 g/mol. The number of carbonyl (C=O) groups is 1. The van der Waals surface area contributed by atoms with Crippen molar-refractivity contribution in [2.24, 2.45) is 0 Å². The highest BCUT2D eigenvalue weighted by Crippen LogP contribution is 2.25. The molecule has 1 aliphatic heterocycles. The van der Waals surface area contributed by atoms with E-state index in [2.05, 4.69) is 13.0 Å². The number of hydrogen-bond donors (Lipinski definition) is 1. The van der Waals surface area contributed by atoms with Crippen molar-refractivity contribution in [1.29, 1.82) is 0 Å². The van der Waals surface area contributed by atoms with E-state index < -0.39 is 0 Å². The molecule has 1 amide bonds. The van der Waals surface area contributed by atoms with E-state index in [9.17, 15) is 4.79 Å². The van der Waals surface area contributed by atoms with E-state index in [1.165, 1.54) is 10.5 Å². The summed E-state index contributed by atoms with van der Waals surface area (Å²) in [7, 11) is 0. The third kappa shape index (κ3) is 4.42. The minimum atomic E-state index is 0.253. The van der Waals surface area contributed by atoms with Gasteiger partial charge in [0.05, 0.1) is 13.2 Å². The molecule has 0 spiro atoms. The molecule has 1 fully saturated rings. The highest BCUT2D eigenvalue weighted by Gasteiger charge is 2.15. The van der Waals surface area contributed by atoms with E-state index in [1.54, 1.807) is 11.8 Å². The Bertz CT molecular complexity index is 459. The Labute approximate surface area is 124 Å². The van der Waals surface area contributed by atoms with Crippen LogP contribution >= 0.6 is 11.8 Å². The number of thioether (sulfide) groups is 1. The fourth-order valence-electron chi connectivity index (χ4n) is 2.21. The first-order valence-corrected chi connectivity index (χ1v) is 8.00. The maximum atomic E-state index is 12.0. The van der Waals surface area contributed by atoms with E-state index in [4.69, 9.17) is 10.5 Å². The molecule has 2 N–H and O–H groups in total. The minimum Gasteiger partial charge on any atom is -0.399 e. The molecule has 5 heteroatoms. The summed E-state index contributed by atoms with van der Waals surface area (Å²) in [6.07, 6.45) is 1.53. The van der Waals surface area contributed by atoms with Crippen LogP contribution in [0.15, 0.2) is 23.1 Å². The number of nitrogens with zero attached hydrogens (tertiary/aromatic N) is 1. The van der Waals surface area contributed by atoms with Gasteiger partial charge in [0, 0.05) is 30.1 Å². The lowest BCUT2D eigenvalue weighted by molar-refractivity contribution is -0.135. The fraction of sp³-hybridized carbons (Fsp3) is 0.533. The number of ether oxygens (including phenoxy) is 1. The lowest BCUT2D eigenvalue weighted by Crippen LogP contribution is -2.40. The summed E-state index contributed by atoms with van der Waals surface area (Å²) in [6, 6.07) is 5.97. The molecule has 1 saturated heterocycles. The molecule has 0 atom stereocenters. The summed E-state index contributed by atoms with van der Waals surface area (Å²) >= 11 is 1.79. The largest absolute Gasteiger partial charge is 0.399 e. The van der Waals surface area contributed by atoms with Crippen molar-refractivity contribution in [2.45, 2.75) is 24.7 Å². The zero-order chi connectivity index (χ0) is 14.4. The van der Waals surface area contributed by atoms with Crippen LogP contribution in [0, 0.1) is 6.92 Å². The van der Waals surface area contributed by atoms with Crippen LogP contribution < -0.4 is 5.73 Å².